The summed E-state index contributed by atoms with van der Waals surface area (Å²) in [7, 11) is 0. The Kier molecular flexibility index (Phi) is 4.71. The first-order chi connectivity index (χ1) is 8.90. The molecule has 0 amide bonds. The van der Waals surface area contributed by atoms with E-state index in [4.69, 9.17) is 0 Å². The number of allylic oxidation sites excluding steroid dienone is 10. The summed E-state index contributed by atoms with van der Waals surface area (Å²) in [4.78, 5) is 4.09. The van der Waals surface area contributed by atoms with Gasteiger partial charge in [0.05, 0.1) is 0 Å². The number of hydrogen-bond donors (Lipinski definition) is 0. The van der Waals surface area contributed by atoms with Crippen molar-refractivity contribution in [2.24, 2.45) is 10.9 Å². The molecule has 0 aromatic heterocycles. The van der Waals surface area contributed by atoms with Crippen LogP contribution in [-0.2, 0) is 0 Å². The summed E-state index contributed by atoms with van der Waals surface area (Å²) in [5.41, 5.74) is 2.68. The average molecular weight is 237 g/mol. The molecule has 92 valence electrons. The lowest BCUT2D eigenvalue weighted by atomic mass is 9.87. The van der Waals surface area contributed by atoms with E-state index >= 15 is 0 Å². The van der Waals surface area contributed by atoms with Crippen LogP contribution in [0.5, 0.6) is 0 Å². The molecule has 1 heteroatoms. The zero-order valence-electron chi connectivity index (χ0n) is 10.6. The zero-order valence-corrected chi connectivity index (χ0v) is 10.6. The summed E-state index contributed by atoms with van der Waals surface area (Å²) >= 11 is 0. The molecule has 2 aliphatic carbocycles. The molecule has 2 rings (SSSR count). The molecule has 1 nitrogen and oxygen atoms in total. The Labute approximate surface area is 109 Å². The molecule has 0 aromatic carbocycles. The summed E-state index contributed by atoms with van der Waals surface area (Å²) in [6.07, 6.45) is 24.3. The molecule has 0 bridgehead atoms. The van der Waals surface area contributed by atoms with Crippen LogP contribution in [0.1, 0.15) is 19.3 Å². The maximum absolute atomic E-state index is 4.09. The van der Waals surface area contributed by atoms with E-state index in [0.29, 0.717) is 5.92 Å². The molecule has 0 heterocycles. The quantitative estimate of drug-likeness (QED) is 0.637. The number of nitrogens with zero attached hydrogens (tertiary/aromatic N) is 1. The molecule has 0 fully saturated rings. The second kappa shape index (κ2) is 6.75. The van der Waals surface area contributed by atoms with E-state index in [1.54, 1.807) is 12.3 Å². The summed E-state index contributed by atoms with van der Waals surface area (Å²) < 4.78 is 0. The molecule has 0 N–H and O–H groups in total. The zero-order chi connectivity index (χ0) is 12.6. The fourth-order valence-electron chi connectivity index (χ4n) is 2.20. The molecule has 0 aliphatic heterocycles. The lowest BCUT2D eigenvalue weighted by Gasteiger charge is -2.18. The predicted octanol–water partition coefficient (Wildman–Crippen LogP) is 4.54. The van der Waals surface area contributed by atoms with Gasteiger partial charge in [-0.25, -0.2) is 0 Å². The molecule has 0 radical (unpaired) electrons. The largest absolute Gasteiger partial charge is 0.265 e. The molecule has 0 spiro atoms. The second-order valence-corrected chi connectivity index (χ2v) is 4.44. The van der Waals surface area contributed by atoms with Crippen molar-refractivity contribution in [3.05, 3.63) is 72.5 Å². The first-order valence-corrected chi connectivity index (χ1v) is 6.46. The third-order valence-corrected chi connectivity index (χ3v) is 3.09. The van der Waals surface area contributed by atoms with Gasteiger partial charge in [-0.05, 0) is 36.5 Å². The van der Waals surface area contributed by atoms with Crippen molar-refractivity contribution in [3.8, 4) is 0 Å². The SMILES string of the molecule is C=CC=N/C=C/C1=C[C@H](C2=CCCC=C2)CC=C1. The summed E-state index contributed by atoms with van der Waals surface area (Å²) in [5, 5.41) is 0. The van der Waals surface area contributed by atoms with Crippen LogP contribution in [0, 0.1) is 5.92 Å². The Morgan fingerprint density at radius 3 is 2.94 bits per heavy atom. The topological polar surface area (TPSA) is 12.4 Å². The van der Waals surface area contributed by atoms with Crippen molar-refractivity contribution in [1.29, 1.82) is 0 Å². The van der Waals surface area contributed by atoms with Gasteiger partial charge in [0.2, 0.25) is 0 Å². The van der Waals surface area contributed by atoms with Crippen LogP contribution in [0.15, 0.2) is 77.5 Å². The Hall–Kier alpha value is -1.89. The van der Waals surface area contributed by atoms with Crippen LogP contribution in [0.3, 0.4) is 0 Å². The van der Waals surface area contributed by atoms with E-state index in [1.807, 2.05) is 12.3 Å². The van der Waals surface area contributed by atoms with Crippen LogP contribution in [-0.4, -0.2) is 6.21 Å². The molecule has 18 heavy (non-hydrogen) atoms. The minimum Gasteiger partial charge on any atom is -0.265 e. The fourth-order valence-corrected chi connectivity index (χ4v) is 2.20. The van der Waals surface area contributed by atoms with Gasteiger partial charge < -0.3 is 0 Å². The fraction of sp³-hybridized carbons (Fsp3) is 0.235. The normalized spacial score (nSPS) is 23.4. The molecule has 0 aromatic rings. The van der Waals surface area contributed by atoms with Crippen molar-refractivity contribution in [2.75, 3.05) is 0 Å². The van der Waals surface area contributed by atoms with Crippen LogP contribution in [0.2, 0.25) is 0 Å². The second-order valence-electron chi connectivity index (χ2n) is 4.44. The molecule has 0 saturated carbocycles. The first-order valence-electron chi connectivity index (χ1n) is 6.46. The van der Waals surface area contributed by atoms with E-state index in [9.17, 15) is 0 Å². The van der Waals surface area contributed by atoms with Gasteiger partial charge >= 0.3 is 0 Å². The van der Waals surface area contributed by atoms with Gasteiger partial charge in [0.25, 0.3) is 0 Å². The van der Waals surface area contributed by atoms with Gasteiger partial charge in [0, 0.05) is 18.3 Å². The minimum atomic E-state index is 0.523. The Morgan fingerprint density at radius 2 is 2.17 bits per heavy atom. The average Bonchev–Trinajstić information content (AvgIpc) is 2.45. The van der Waals surface area contributed by atoms with Crippen molar-refractivity contribution >= 4 is 6.21 Å². The highest BCUT2D eigenvalue weighted by atomic mass is 14.6. The Bertz CT molecular complexity index is 470. The monoisotopic (exact) mass is 237 g/mol. The van der Waals surface area contributed by atoms with Crippen LogP contribution in [0.25, 0.3) is 0 Å². The standard InChI is InChI=1S/C17H19N/c1-2-12-18-13-11-15-7-6-10-17(14-15)16-8-4-3-5-9-16/h2,4,6-9,11-14,17H,1,3,5,10H2/b13-11+,18-12?/t17-/m1/s1. The van der Waals surface area contributed by atoms with Crippen molar-refractivity contribution in [3.63, 3.8) is 0 Å². The van der Waals surface area contributed by atoms with E-state index in [2.05, 4.69) is 48.0 Å². The maximum Gasteiger partial charge on any atom is 0.0273 e. The molecule has 1 atom stereocenters. The highest BCUT2D eigenvalue weighted by molar-refractivity contribution is 5.70. The molecular formula is C17H19N. The lowest BCUT2D eigenvalue weighted by molar-refractivity contribution is 0.766. The first kappa shape index (κ1) is 12.6. The van der Waals surface area contributed by atoms with Crippen LogP contribution >= 0.6 is 0 Å². The van der Waals surface area contributed by atoms with E-state index in [0.717, 1.165) is 6.42 Å². The molecule has 2 aliphatic rings. The molecular weight excluding hydrogens is 218 g/mol. The van der Waals surface area contributed by atoms with Crippen molar-refractivity contribution in [2.45, 2.75) is 19.3 Å². The summed E-state index contributed by atoms with van der Waals surface area (Å²) in [6.45, 7) is 3.59. The molecule has 0 unspecified atom stereocenters. The van der Waals surface area contributed by atoms with E-state index in [1.165, 1.54) is 24.0 Å². The van der Waals surface area contributed by atoms with Crippen LogP contribution < -0.4 is 0 Å². The van der Waals surface area contributed by atoms with E-state index in [-0.39, 0.29) is 0 Å². The van der Waals surface area contributed by atoms with Gasteiger partial charge in [0.15, 0.2) is 0 Å². The summed E-state index contributed by atoms with van der Waals surface area (Å²) in [5.74, 6) is 0.523. The van der Waals surface area contributed by atoms with Gasteiger partial charge in [0.1, 0.15) is 0 Å². The number of rotatable bonds is 4. The number of hydrogen-bond acceptors (Lipinski definition) is 1. The van der Waals surface area contributed by atoms with Gasteiger partial charge in [-0.1, -0.05) is 49.1 Å². The Balaban J connectivity index is 2.05. The third-order valence-electron chi connectivity index (χ3n) is 3.09. The molecule has 0 saturated heterocycles. The summed E-state index contributed by atoms with van der Waals surface area (Å²) in [6, 6.07) is 0. The van der Waals surface area contributed by atoms with Gasteiger partial charge in [-0.15, -0.1) is 0 Å². The lowest BCUT2D eigenvalue weighted by Crippen LogP contribution is -2.03. The van der Waals surface area contributed by atoms with E-state index < -0.39 is 0 Å². The smallest absolute Gasteiger partial charge is 0.0273 e. The van der Waals surface area contributed by atoms with Crippen molar-refractivity contribution in [1.82, 2.24) is 0 Å². The van der Waals surface area contributed by atoms with Crippen LogP contribution in [0.4, 0.5) is 0 Å². The highest BCUT2D eigenvalue weighted by Gasteiger charge is 2.12. The minimum absolute atomic E-state index is 0.523. The maximum atomic E-state index is 4.09. The van der Waals surface area contributed by atoms with Gasteiger partial charge in [-0.2, -0.15) is 0 Å². The van der Waals surface area contributed by atoms with Gasteiger partial charge in [-0.3, -0.25) is 4.99 Å². The number of aliphatic imine (C=N–C) groups is 1. The Morgan fingerprint density at radius 1 is 1.22 bits per heavy atom. The highest BCUT2D eigenvalue weighted by Crippen LogP contribution is 2.27. The van der Waals surface area contributed by atoms with Crippen molar-refractivity contribution < 1.29 is 0 Å². The third kappa shape index (κ3) is 3.56. The predicted molar refractivity (Wildman–Crippen MR) is 79.6 cm³/mol.